The van der Waals surface area contributed by atoms with E-state index in [-0.39, 0.29) is 5.69 Å². The molecule has 0 atom stereocenters. The normalized spacial score (nSPS) is 24.2. The average molecular weight is 252 g/mol. The van der Waals surface area contributed by atoms with Crippen molar-refractivity contribution < 1.29 is 4.39 Å². The van der Waals surface area contributed by atoms with Crippen LogP contribution in [0, 0.1) is 18.7 Å². The molecule has 100 valence electrons. The fraction of sp³-hybridized carbons (Fsp3) is 0.714. The highest BCUT2D eigenvalue weighted by Gasteiger charge is 2.24. The van der Waals surface area contributed by atoms with Crippen LogP contribution in [0.5, 0.6) is 0 Å². The average Bonchev–Trinajstić information content (AvgIpc) is 2.37. The van der Waals surface area contributed by atoms with Crippen LogP contribution in [0.3, 0.4) is 0 Å². The maximum Gasteiger partial charge on any atom is 0.287 e. The van der Waals surface area contributed by atoms with E-state index >= 15 is 0 Å². The Kier molecular flexibility index (Phi) is 4.15. The predicted octanol–water partition coefficient (Wildman–Crippen LogP) is 3.29. The number of nitrogens with zero attached hydrogens (tertiary/aromatic N) is 1. The highest BCUT2D eigenvalue weighted by molar-refractivity contribution is 5.07. The smallest absolute Gasteiger partial charge is 0.287 e. The summed E-state index contributed by atoms with van der Waals surface area (Å²) in [5, 5.41) is 0. The summed E-state index contributed by atoms with van der Waals surface area (Å²) in [6.07, 6.45) is 7.02. The van der Waals surface area contributed by atoms with Gasteiger partial charge in [-0.2, -0.15) is 4.39 Å². The lowest BCUT2D eigenvalue weighted by atomic mass is 9.80. The van der Waals surface area contributed by atoms with Gasteiger partial charge in [0.2, 0.25) is 5.82 Å². The largest absolute Gasteiger partial charge is 0.308 e. The third-order valence-electron chi connectivity index (χ3n) is 3.98. The van der Waals surface area contributed by atoms with E-state index in [2.05, 4.69) is 16.9 Å². The first-order valence-corrected chi connectivity index (χ1v) is 6.88. The Bertz CT molecular complexity index is 461. The van der Waals surface area contributed by atoms with Gasteiger partial charge in [-0.15, -0.1) is 0 Å². The van der Waals surface area contributed by atoms with Gasteiger partial charge in [-0.3, -0.25) is 4.79 Å². The van der Waals surface area contributed by atoms with Crippen molar-refractivity contribution in [2.75, 3.05) is 0 Å². The third-order valence-corrected chi connectivity index (χ3v) is 3.98. The molecule has 1 aliphatic carbocycles. The lowest BCUT2D eigenvalue weighted by Gasteiger charge is -2.27. The molecule has 1 aromatic rings. The molecule has 1 heterocycles. The molecule has 3 nitrogen and oxygen atoms in total. The molecule has 0 aromatic carbocycles. The maximum absolute atomic E-state index is 13.2. The topological polar surface area (TPSA) is 45.8 Å². The summed E-state index contributed by atoms with van der Waals surface area (Å²) in [7, 11) is 0. The number of aryl methyl sites for hydroxylation is 1. The molecular weight excluding hydrogens is 231 g/mol. The summed E-state index contributed by atoms with van der Waals surface area (Å²) >= 11 is 0. The Morgan fingerprint density at radius 2 is 2.00 bits per heavy atom. The van der Waals surface area contributed by atoms with Crippen molar-refractivity contribution in [2.24, 2.45) is 5.92 Å². The molecule has 1 aromatic heterocycles. The number of hydrogen-bond donors (Lipinski definition) is 1. The minimum atomic E-state index is -0.751. The zero-order chi connectivity index (χ0) is 13.1. The number of H-pyrrole nitrogens is 1. The molecule has 0 amide bonds. The highest BCUT2D eigenvalue weighted by atomic mass is 19.1. The van der Waals surface area contributed by atoms with Crippen molar-refractivity contribution in [2.45, 2.75) is 58.3 Å². The Hall–Kier alpha value is -1.19. The number of nitrogens with one attached hydrogen (secondary N) is 1. The molecule has 0 bridgehead atoms. The SMILES string of the molecule is CCCC1CCC(c2nc(C)c(F)c(=O)[nH]2)CC1. The van der Waals surface area contributed by atoms with Crippen LogP contribution in [0.15, 0.2) is 4.79 Å². The van der Waals surface area contributed by atoms with Gasteiger partial charge < -0.3 is 4.98 Å². The van der Waals surface area contributed by atoms with Crippen LogP contribution in [0.1, 0.15) is 62.9 Å². The van der Waals surface area contributed by atoms with Crippen molar-refractivity contribution in [1.29, 1.82) is 0 Å². The van der Waals surface area contributed by atoms with E-state index in [0.717, 1.165) is 18.8 Å². The van der Waals surface area contributed by atoms with Gasteiger partial charge in [0, 0.05) is 5.92 Å². The standard InChI is InChI=1S/C14H21FN2O/c1-3-4-10-5-7-11(8-6-10)13-16-9(2)12(15)14(18)17-13/h10-11H,3-8H2,1-2H3,(H,16,17,18). The van der Waals surface area contributed by atoms with E-state index in [0.29, 0.717) is 11.7 Å². The van der Waals surface area contributed by atoms with Crippen molar-refractivity contribution in [3.05, 3.63) is 27.7 Å². The van der Waals surface area contributed by atoms with E-state index in [1.54, 1.807) is 6.92 Å². The zero-order valence-electron chi connectivity index (χ0n) is 11.1. The molecule has 2 rings (SSSR count). The second-order valence-electron chi connectivity index (χ2n) is 5.36. The van der Waals surface area contributed by atoms with E-state index in [1.807, 2.05) is 0 Å². The molecule has 0 unspecified atom stereocenters. The number of hydrogen-bond acceptors (Lipinski definition) is 2. The minimum Gasteiger partial charge on any atom is -0.308 e. The fourth-order valence-corrected chi connectivity index (χ4v) is 2.92. The highest BCUT2D eigenvalue weighted by Crippen LogP contribution is 2.35. The van der Waals surface area contributed by atoms with Crippen LogP contribution in [-0.4, -0.2) is 9.97 Å². The van der Waals surface area contributed by atoms with Gasteiger partial charge >= 0.3 is 0 Å². The molecule has 1 saturated carbocycles. The van der Waals surface area contributed by atoms with E-state index in [4.69, 9.17) is 0 Å². The quantitative estimate of drug-likeness (QED) is 0.897. The zero-order valence-corrected chi connectivity index (χ0v) is 11.1. The van der Waals surface area contributed by atoms with Crippen molar-refractivity contribution in [3.8, 4) is 0 Å². The molecule has 0 saturated heterocycles. The lowest BCUT2D eigenvalue weighted by molar-refractivity contribution is 0.301. The summed E-state index contributed by atoms with van der Waals surface area (Å²) in [5.74, 6) is 1.04. The second kappa shape index (κ2) is 5.63. The van der Waals surface area contributed by atoms with Crippen LogP contribution in [-0.2, 0) is 0 Å². The fourth-order valence-electron chi connectivity index (χ4n) is 2.92. The summed E-state index contributed by atoms with van der Waals surface area (Å²) in [5.41, 5.74) is -0.419. The predicted molar refractivity (Wildman–Crippen MR) is 69.2 cm³/mol. The monoisotopic (exact) mass is 252 g/mol. The summed E-state index contributed by atoms with van der Waals surface area (Å²) < 4.78 is 13.2. The number of aromatic amines is 1. The van der Waals surface area contributed by atoms with Gasteiger partial charge in [-0.25, -0.2) is 4.98 Å². The summed E-state index contributed by atoms with van der Waals surface area (Å²) in [6, 6.07) is 0. The van der Waals surface area contributed by atoms with Gasteiger partial charge in [0.1, 0.15) is 5.82 Å². The molecule has 1 fully saturated rings. The molecular formula is C14H21FN2O. The molecule has 18 heavy (non-hydrogen) atoms. The van der Waals surface area contributed by atoms with Gasteiger partial charge in [0.05, 0.1) is 5.69 Å². The van der Waals surface area contributed by atoms with Gasteiger partial charge in [0.15, 0.2) is 0 Å². The first-order valence-electron chi connectivity index (χ1n) is 6.88. The van der Waals surface area contributed by atoms with Gasteiger partial charge in [-0.05, 0) is 38.5 Å². The Balaban J connectivity index is 2.08. The first kappa shape index (κ1) is 13.2. The molecule has 0 spiro atoms. The minimum absolute atomic E-state index is 0.212. The second-order valence-corrected chi connectivity index (χ2v) is 5.36. The molecule has 0 radical (unpaired) electrons. The third kappa shape index (κ3) is 2.79. The van der Waals surface area contributed by atoms with E-state index in [9.17, 15) is 9.18 Å². The number of rotatable bonds is 3. The molecule has 4 heteroatoms. The summed E-state index contributed by atoms with van der Waals surface area (Å²) in [4.78, 5) is 18.2. The van der Waals surface area contributed by atoms with Gasteiger partial charge in [-0.1, -0.05) is 19.8 Å². The number of aromatic nitrogens is 2. The first-order chi connectivity index (χ1) is 8.61. The van der Waals surface area contributed by atoms with Crippen molar-refractivity contribution in [1.82, 2.24) is 9.97 Å². The molecule has 0 aliphatic heterocycles. The van der Waals surface area contributed by atoms with Crippen LogP contribution in [0.25, 0.3) is 0 Å². The van der Waals surface area contributed by atoms with Crippen molar-refractivity contribution in [3.63, 3.8) is 0 Å². The van der Waals surface area contributed by atoms with Crippen molar-refractivity contribution >= 4 is 0 Å². The Labute approximate surface area is 107 Å². The molecule has 1 aliphatic rings. The van der Waals surface area contributed by atoms with E-state index in [1.165, 1.54) is 25.7 Å². The van der Waals surface area contributed by atoms with Crippen LogP contribution in [0.4, 0.5) is 4.39 Å². The molecule has 1 N–H and O–H groups in total. The Morgan fingerprint density at radius 1 is 1.33 bits per heavy atom. The summed E-state index contributed by atoms with van der Waals surface area (Å²) in [6.45, 7) is 3.77. The lowest BCUT2D eigenvalue weighted by Crippen LogP contribution is -2.22. The van der Waals surface area contributed by atoms with E-state index < -0.39 is 11.4 Å². The van der Waals surface area contributed by atoms with Gasteiger partial charge in [0.25, 0.3) is 5.56 Å². The maximum atomic E-state index is 13.2. The van der Waals surface area contributed by atoms with Crippen LogP contribution < -0.4 is 5.56 Å². The van der Waals surface area contributed by atoms with Crippen LogP contribution in [0.2, 0.25) is 0 Å². The van der Waals surface area contributed by atoms with Crippen LogP contribution >= 0.6 is 0 Å². The number of halogens is 1. The Morgan fingerprint density at radius 3 is 2.56 bits per heavy atom.